The molecule has 0 saturated carbocycles. The largest absolute Gasteiger partial charge is 0.478 e. The minimum absolute atomic E-state index is 0.130. The van der Waals surface area contributed by atoms with Crippen LogP contribution in [0.3, 0.4) is 0 Å². The average Bonchev–Trinajstić information content (AvgIpc) is 2.76. The van der Waals surface area contributed by atoms with Gasteiger partial charge in [0.25, 0.3) is 0 Å². The van der Waals surface area contributed by atoms with Gasteiger partial charge in [-0.3, -0.25) is 0 Å². The van der Waals surface area contributed by atoms with Crippen molar-refractivity contribution in [2.24, 2.45) is 0 Å². The van der Waals surface area contributed by atoms with Gasteiger partial charge in [-0.15, -0.1) is 0 Å². The predicted molar refractivity (Wildman–Crippen MR) is 133 cm³/mol. The number of hydrogen-bond acceptors (Lipinski definition) is 2. The molecule has 1 aliphatic carbocycles. The Kier molecular flexibility index (Phi) is 6.97. The highest BCUT2D eigenvalue weighted by Crippen LogP contribution is 2.46. The Hall–Kier alpha value is -3.14. The van der Waals surface area contributed by atoms with Gasteiger partial charge in [-0.2, -0.15) is 0 Å². The number of aromatic carboxylic acids is 1. The van der Waals surface area contributed by atoms with Gasteiger partial charge in [0.05, 0.1) is 5.56 Å². The first kappa shape index (κ1) is 24.5. The van der Waals surface area contributed by atoms with E-state index in [1.54, 1.807) is 24.3 Å². The van der Waals surface area contributed by atoms with Crippen molar-refractivity contribution in [1.29, 1.82) is 0 Å². The van der Waals surface area contributed by atoms with E-state index >= 15 is 0 Å². The van der Waals surface area contributed by atoms with Crippen LogP contribution in [0.5, 0.6) is 0 Å². The fourth-order valence-electron chi connectivity index (χ4n) is 4.68. The molecule has 0 spiro atoms. The fraction of sp³-hybridized carbons (Fsp3) is 0.379. The second-order valence-electron chi connectivity index (χ2n) is 10.4. The summed E-state index contributed by atoms with van der Waals surface area (Å²) in [5, 5.41) is 18.4. The number of carbonyl (C=O) groups is 2. The van der Waals surface area contributed by atoms with Crippen molar-refractivity contribution in [3.8, 4) is 0 Å². The van der Waals surface area contributed by atoms with E-state index in [9.17, 15) is 14.7 Å². The van der Waals surface area contributed by atoms with Crippen LogP contribution in [0.2, 0.25) is 0 Å². The minimum Gasteiger partial charge on any atom is -0.478 e. The van der Waals surface area contributed by atoms with Crippen LogP contribution in [0, 0.1) is 0 Å². The van der Waals surface area contributed by atoms with E-state index in [1.807, 2.05) is 6.07 Å². The van der Waals surface area contributed by atoms with Gasteiger partial charge < -0.3 is 10.2 Å². The molecule has 0 aromatic heterocycles. The number of rotatable bonds is 7. The summed E-state index contributed by atoms with van der Waals surface area (Å²) in [6, 6.07) is 13.5. The second kappa shape index (κ2) is 9.38. The Morgan fingerprint density at radius 2 is 1.61 bits per heavy atom. The molecule has 2 aromatic rings. The maximum absolute atomic E-state index is 11.4. The Bertz CT molecular complexity index is 1120. The summed E-state index contributed by atoms with van der Waals surface area (Å²) in [5.41, 5.74) is 6.39. The van der Waals surface area contributed by atoms with Crippen LogP contribution < -0.4 is 0 Å². The zero-order valence-electron chi connectivity index (χ0n) is 20.2. The normalized spacial score (nSPS) is 18.0. The molecule has 1 unspecified atom stereocenters. The first-order valence-electron chi connectivity index (χ1n) is 11.5. The van der Waals surface area contributed by atoms with Crippen molar-refractivity contribution in [3.63, 3.8) is 0 Å². The molecular weight excluding hydrogens is 412 g/mol. The van der Waals surface area contributed by atoms with Gasteiger partial charge in [-0.1, -0.05) is 70.2 Å². The molecule has 2 aromatic carbocycles. The molecule has 174 valence electrons. The quantitative estimate of drug-likeness (QED) is 0.451. The number of carboxylic acid groups (broad SMARTS) is 2. The van der Waals surface area contributed by atoms with Gasteiger partial charge >= 0.3 is 11.9 Å². The zero-order chi connectivity index (χ0) is 24.4. The Morgan fingerprint density at radius 1 is 0.939 bits per heavy atom. The van der Waals surface area contributed by atoms with Gasteiger partial charge in [-0.05, 0) is 77.0 Å². The van der Waals surface area contributed by atoms with Gasteiger partial charge in [0.1, 0.15) is 0 Å². The molecule has 3 rings (SSSR count). The summed E-state index contributed by atoms with van der Waals surface area (Å²) in [5.74, 6) is -2.25. The van der Waals surface area contributed by atoms with E-state index < -0.39 is 11.9 Å². The molecule has 0 saturated heterocycles. The molecule has 0 amide bonds. The Balaban J connectivity index is 1.93. The van der Waals surface area contributed by atoms with E-state index in [-0.39, 0.29) is 22.3 Å². The van der Waals surface area contributed by atoms with E-state index in [0.717, 1.165) is 23.6 Å². The van der Waals surface area contributed by atoms with E-state index in [0.29, 0.717) is 6.42 Å². The van der Waals surface area contributed by atoms with E-state index in [2.05, 4.69) is 58.9 Å². The summed E-state index contributed by atoms with van der Waals surface area (Å²) in [6.07, 6.45) is 7.78. The highest BCUT2D eigenvalue weighted by molar-refractivity contribution is 5.87. The van der Waals surface area contributed by atoms with Crippen LogP contribution in [0.4, 0.5) is 0 Å². The third kappa shape index (κ3) is 5.62. The van der Waals surface area contributed by atoms with Crippen LogP contribution >= 0.6 is 0 Å². The van der Waals surface area contributed by atoms with Crippen molar-refractivity contribution in [2.45, 2.75) is 70.6 Å². The van der Waals surface area contributed by atoms with Crippen molar-refractivity contribution >= 4 is 17.5 Å². The third-order valence-electron chi connectivity index (χ3n) is 7.02. The summed E-state index contributed by atoms with van der Waals surface area (Å²) in [6.45, 7) is 11.3. The highest BCUT2D eigenvalue weighted by Gasteiger charge is 2.36. The Labute approximate surface area is 196 Å². The monoisotopic (exact) mass is 446 g/mol. The lowest BCUT2D eigenvalue weighted by molar-refractivity contribution is -0.131. The molecule has 0 fully saturated rings. The highest BCUT2D eigenvalue weighted by atomic mass is 16.4. The van der Waals surface area contributed by atoms with E-state index in [4.69, 9.17) is 5.11 Å². The van der Waals surface area contributed by atoms with Crippen LogP contribution in [0.25, 0.3) is 5.57 Å². The molecule has 0 heterocycles. The molecule has 0 radical (unpaired) electrons. The predicted octanol–water partition coefficient (Wildman–Crippen LogP) is 6.95. The number of carboxylic acids is 2. The zero-order valence-corrected chi connectivity index (χ0v) is 20.2. The number of benzene rings is 2. The van der Waals surface area contributed by atoms with Crippen molar-refractivity contribution in [1.82, 2.24) is 0 Å². The van der Waals surface area contributed by atoms with E-state index in [1.165, 1.54) is 23.1 Å². The summed E-state index contributed by atoms with van der Waals surface area (Å²) in [7, 11) is 0. The smallest absolute Gasteiger partial charge is 0.335 e. The molecule has 4 heteroatoms. The number of allylic oxidation sites excluding steroid dienone is 3. The molecule has 1 atom stereocenters. The molecule has 33 heavy (non-hydrogen) atoms. The third-order valence-corrected chi connectivity index (χ3v) is 7.02. The molecule has 0 bridgehead atoms. The Morgan fingerprint density at radius 3 is 2.24 bits per heavy atom. The average molecular weight is 447 g/mol. The molecule has 4 nitrogen and oxygen atoms in total. The number of aliphatic carboxylic acids is 1. The van der Waals surface area contributed by atoms with Crippen molar-refractivity contribution < 1.29 is 19.8 Å². The topological polar surface area (TPSA) is 74.6 Å². The molecule has 0 aliphatic heterocycles. The van der Waals surface area contributed by atoms with Gasteiger partial charge in [0.2, 0.25) is 0 Å². The van der Waals surface area contributed by atoms with Gasteiger partial charge in [0, 0.05) is 12.0 Å². The lowest BCUT2D eigenvalue weighted by Gasteiger charge is -2.42. The summed E-state index contributed by atoms with van der Waals surface area (Å²) in [4.78, 5) is 22.5. The van der Waals surface area contributed by atoms with Crippen molar-refractivity contribution in [2.75, 3.05) is 0 Å². The maximum atomic E-state index is 11.4. The lowest BCUT2D eigenvalue weighted by Crippen LogP contribution is -2.33. The summed E-state index contributed by atoms with van der Waals surface area (Å²) >= 11 is 0. The fourth-order valence-corrected chi connectivity index (χ4v) is 4.68. The second-order valence-corrected chi connectivity index (χ2v) is 10.4. The van der Waals surface area contributed by atoms with Crippen LogP contribution in [-0.2, 0) is 15.6 Å². The van der Waals surface area contributed by atoms with Crippen LogP contribution in [0.1, 0.15) is 92.4 Å². The maximum Gasteiger partial charge on any atom is 0.335 e. The van der Waals surface area contributed by atoms with Crippen molar-refractivity contribution in [3.05, 3.63) is 88.5 Å². The summed E-state index contributed by atoms with van der Waals surface area (Å²) < 4.78 is 0. The minimum atomic E-state index is -1.02. The first-order chi connectivity index (χ1) is 15.4. The van der Waals surface area contributed by atoms with Gasteiger partial charge in [0.15, 0.2) is 0 Å². The van der Waals surface area contributed by atoms with Crippen LogP contribution in [-0.4, -0.2) is 22.2 Å². The van der Waals surface area contributed by atoms with Gasteiger partial charge in [-0.25, -0.2) is 9.59 Å². The lowest BCUT2D eigenvalue weighted by atomic mass is 9.63. The standard InChI is InChI=1S/C29H34O4/c1-19(21-11-13-24-25(18-21)29(4,5)16-15-28(24,2)3)9-10-20(12-14-26(30)31)22-7-6-8-23(17-22)27(32)33/h6-9,11-14,17-18,20H,10,15-16H2,1-5H3,(H,30,31)(H,32,33)/b14-12?,19-9+. The number of fused-ring (bicyclic) bond motifs is 1. The molecule has 2 N–H and O–H groups in total. The molecule has 1 aliphatic rings. The molecular formula is C29H34O4. The SMILES string of the molecule is C/C(=C\CC(C=CC(=O)O)c1cccc(C(=O)O)c1)c1ccc2c(c1)C(C)(C)CCC2(C)C. The van der Waals surface area contributed by atoms with Crippen LogP contribution in [0.15, 0.2) is 60.7 Å². The number of hydrogen-bond donors (Lipinski definition) is 2. The first-order valence-corrected chi connectivity index (χ1v) is 11.5.